The predicted octanol–water partition coefficient (Wildman–Crippen LogP) is 4.91. The molecule has 0 aliphatic heterocycles. The fraction of sp³-hybridized carbons (Fsp3) is 0.222. The first-order chi connectivity index (χ1) is 9.09. The third-order valence-corrected chi connectivity index (χ3v) is 3.55. The van der Waals surface area contributed by atoms with Gasteiger partial charge in [0.05, 0.1) is 0 Å². The summed E-state index contributed by atoms with van der Waals surface area (Å²) >= 11 is 0. The van der Waals surface area contributed by atoms with E-state index in [2.05, 4.69) is 32.6 Å². The van der Waals surface area contributed by atoms with Gasteiger partial charge in [-0.05, 0) is 47.6 Å². The molecule has 0 radical (unpaired) electrons. The van der Waals surface area contributed by atoms with Crippen LogP contribution < -0.4 is 0 Å². The first-order valence-electron chi connectivity index (χ1n) is 6.61. The highest BCUT2D eigenvalue weighted by Crippen LogP contribution is 2.33. The minimum Gasteiger partial charge on any atom is -0.508 e. The average Bonchev–Trinajstić information content (AvgIpc) is 2.39. The third kappa shape index (κ3) is 3.05. The van der Waals surface area contributed by atoms with E-state index in [4.69, 9.17) is 0 Å². The van der Waals surface area contributed by atoms with Crippen LogP contribution in [0.2, 0.25) is 0 Å². The highest BCUT2D eigenvalue weighted by atomic mass is 16.3. The standard InChI is InChI=1S/C18H20O/c1-13-8-4-5-9-16(13)14(2)12-15(3)17-10-6-7-11-18(17)19/h4-11,15,19H,2,12H2,1,3H3. The van der Waals surface area contributed by atoms with Crippen LogP contribution in [0.3, 0.4) is 0 Å². The second-order valence-electron chi connectivity index (χ2n) is 5.08. The number of phenolic OH excluding ortho intramolecular Hbond substituents is 1. The van der Waals surface area contributed by atoms with Crippen LogP contribution in [0.15, 0.2) is 55.1 Å². The molecule has 1 atom stereocenters. The van der Waals surface area contributed by atoms with Gasteiger partial charge in [-0.1, -0.05) is 56.0 Å². The van der Waals surface area contributed by atoms with Crippen LogP contribution in [0.4, 0.5) is 0 Å². The number of hydrogen-bond acceptors (Lipinski definition) is 1. The van der Waals surface area contributed by atoms with E-state index in [-0.39, 0.29) is 5.92 Å². The minimum absolute atomic E-state index is 0.258. The molecule has 0 fully saturated rings. The van der Waals surface area contributed by atoms with Crippen molar-refractivity contribution < 1.29 is 5.11 Å². The fourth-order valence-corrected chi connectivity index (χ4v) is 2.46. The molecule has 2 rings (SSSR count). The summed E-state index contributed by atoms with van der Waals surface area (Å²) in [6.07, 6.45) is 0.850. The maximum absolute atomic E-state index is 9.89. The van der Waals surface area contributed by atoms with Gasteiger partial charge in [0.1, 0.15) is 5.75 Å². The van der Waals surface area contributed by atoms with Crippen molar-refractivity contribution in [2.24, 2.45) is 0 Å². The van der Waals surface area contributed by atoms with Gasteiger partial charge in [0, 0.05) is 0 Å². The van der Waals surface area contributed by atoms with Crippen molar-refractivity contribution >= 4 is 5.57 Å². The molecular formula is C18H20O. The van der Waals surface area contributed by atoms with Crippen LogP contribution in [0.5, 0.6) is 5.75 Å². The Morgan fingerprint density at radius 2 is 1.74 bits per heavy atom. The number of hydrogen-bond donors (Lipinski definition) is 1. The van der Waals surface area contributed by atoms with Crippen LogP contribution in [-0.4, -0.2) is 5.11 Å². The van der Waals surface area contributed by atoms with Crippen molar-refractivity contribution in [3.05, 3.63) is 71.8 Å². The Morgan fingerprint density at radius 3 is 2.42 bits per heavy atom. The monoisotopic (exact) mass is 252 g/mol. The molecule has 0 spiro atoms. The van der Waals surface area contributed by atoms with Gasteiger partial charge in [-0.2, -0.15) is 0 Å². The number of allylic oxidation sites excluding steroid dienone is 1. The van der Waals surface area contributed by atoms with Gasteiger partial charge in [0.25, 0.3) is 0 Å². The van der Waals surface area contributed by atoms with Gasteiger partial charge in [0.15, 0.2) is 0 Å². The topological polar surface area (TPSA) is 20.2 Å². The molecule has 1 N–H and O–H groups in total. The van der Waals surface area contributed by atoms with Crippen molar-refractivity contribution in [1.82, 2.24) is 0 Å². The van der Waals surface area contributed by atoms with Crippen molar-refractivity contribution in [1.29, 1.82) is 0 Å². The quantitative estimate of drug-likeness (QED) is 0.820. The zero-order chi connectivity index (χ0) is 13.8. The lowest BCUT2D eigenvalue weighted by molar-refractivity contribution is 0.463. The molecule has 0 aromatic heterocycles. The van der Waals surface area contributed by atoms with Gasteiger partial charge < -0.3 is 5.11 Å². The molecule has 19 heavy (non-hydrogen) atoms. The number of para-hydroxylation sites is 1. The molecule has 2 aromatic carbocycles. The Morgan fingerprint density at radius 1 is 1.11 bits per heavy atom. The largest absolute Gasteiger partial charge is 0.508 e. The smallest absolute Gasteiger partial charge is 0.119 e. The summed E-state index contributed by atoms with van der Waals surface area (Å²) in [5.41, 5.74) is 4.56. The van der Waals surface area contributed by atoms with Gasteiger partial charge in [-0.25, -0.2) is 0 Å². The van der Waals surface area contributed by atoms with E-state index in [0.29, 0.717) is 5.75 Å². The van der Waals surface area contributed by atoms with E-state index >= 15 is 0 Å². The molecule has 2 aromatic rings. The Bertz CT molecular complexity index is 584. The Labute approximate surface area is 115 Å². The Hall–Kier alpha value is -2.02. The minimum atomic E-state index is 0.258. The molecule has 0 saturated heterocycles. The maximum atomic E-state index is 9.89. The highest BCUT2D eigenvalue weighted by Gasteiger charge is 2.12. The molecule has 0 saturated carbocycles. The van der Waals surface area contributed by atoms with E-state index in [1.165, 1.54) is 11.1 Å². The molecule has 1 nitrogen and oxygen atoms in total. The molecule has 0 aliphatic carbocycles. The second kappa shape index (κ2) is 5.75. The lowest BCUT2D eigenvalue weighted by Gasteiger charge is -2.16. The number of benzene rings is 2. The van der Waals surface area contributed by atoms with Crippen LogP contribution >= 0.6 is 0 Å². The Balaban J connectivity index is 2.16. The van der Waals surface area contributed by atoms with E-state index in [1.54, 1.807) is 6.07 Å². The van der Waals surface area contributed by atoms with Gasteiger partial charge >= 0.3 is 0 Å². The van der Waals surface area contributed by atoms with Crippen LogP contribution in [0, 0.1) is 6.92 Å². The number of rotatable bonds is 4. The summed E-state index contributed by atoms with van der Waals surface area (Å²) in [4.78, 5) is 0. The molecule has 0 amide bonds. The summed E-state index contributed by atoms with van der Waals surface area (Å²) in [5.74, 6) is 0.626. The molecule has 0 bridgehead atoms. The van der Waals surface area contributed by atoms with Crippen LogP contribution in [-0.2, 0) is 0 Å². The van der Waals surface area contributed by atoms with Crippen LogP contribution in [0.25, 0.3) is 5.57 Å². The third-order valence-electron chi connectivity index (χ3n) is 3.55. The lowest BCUT2D eigenvalue weighted by atomic mass is 9.89. The van der Waals surface area contributed by atoms with Crippen LogP contribution in [0.1, 0.15) is 36.0 Å². The summed E-state index contributed by atoms with van der Waals surface area (Å²) < 4.78 is 0. The Kier molecular flexibility index (Phi) is 4.06. The van der Waals surface area contributed by atoms with Crippen molar-refractivity contribution in [2.45, 2.75) is 26.2 Å². The molecule has 0 aliphatic rings. The molecule has 0 heterocycles. The van der Waals surface area contributed by atoms with Gasteiger partial charge in [-0.15, -0.1) is 0 Å². The van der Waals surface area contributed by atoms with Crippen molar-refractivity contribution in [3.63, 3.8) is 0 Å². The van der Waals surface area contributed by atoms with E-state index in [0.717, 1.165) is 17.6 Å². The summed E-state index contributed by atoms with van der Waals surface area (Å²) in [7, 11) is 0. The highest BCUT2D eigenvalue weighted by molar-refractivity contribution is 5.67. The summed E-state index contributed by atoms with van der Waals surface area (Å²) in [5, 5.41) is 9.89. The molecule has 1 unspecified atom stereocenters. The van der Waals surface area contributed by atoms with Gasteiger partial charge in [0.2, 0.25) is 0 Å². The molecule has 1 heteroatoms. The lowest BCUT2D eigenvalue weighted by Crippen LogP contribution is -1.97. The maximum Gasteiger partial charge on any atom is 0.119 e. The number of phenols is 1. The second-order valence-corrected chi connectivity index (χ2v) is 5.08. The van der Waals surface area contributed by atoms with Gasteiger partial charge in [-0.3, -0.25) is 0 Å². The zero-order valence-corrected chi connectivity index (χ0v) is 11.6. The first-order valence-corrected chi connectivity index (χ1v) is 6.61. The predicted molar refractivity (Wildman–Crippen MR) is 81.4 cm³/mol. The summed E-state index contributed by atoms with van der Waals surface area (Å²) in [6.45, 7) is 8.43. The number of aromatic hydroxyl groups is 1. The average molecular weight is 252 g/mol. The SMILES string of the molecule is C=C(CC(C)c1ccccc1O)c1ccccc1C. The fourth-order valence-electron chi connectivity index (χ4n) is 2.46. The first kappa shape index (κ1) is 13.4. The van der Waals surface area contributed by atoms with Crippen molar-refractivity contribution in [2.75, 3.05) is 0 Å². The number of aryl methyl sites for hydroxylation is 1. The van der Waals surface area contributed by atoms with E-state index < -0.39 is 0 Å². The normalized spacial score (nSPS) is 12.1. The van der Waals surface area contributed by atoms with Crippen molar-refractivity contribution in [3.8, 4) is 5.75 Å². The molecular weight excluding hydrogens is 232 g/mol. The van der Waals surface area contributed by atoms with E-state index in [9.17, 15) is 5.11 Å². The zero-order valence-electron chi connectivity index (χ0n) is 11.6. The molecule has 98 valence electrons. The van der Waals surface area contributed by atoms with E-state index in [1.807, 2.05) is 30.3 Å². The summed E-state index contributed by atoms with van der Waals surface area (Å²) in [6, 6.07) is 15.8.